The van der Waals surface area contributed by atoms with Crippen molar-refractivity contribution in [3.63, 3.8) is 0 Å². The monoisotopic (exact) mass is 239 g/mol. The number of thioether (sulfide) groups is 2. The van der Waals surface area contributed by atoms with Crippen LogP contribution in [0, 0.1) is 17.2 Å². The van der Waals surface area contributed by atoms with Gasteiger partial charge in [-0.3, -0.25) is 0 Å². The Bertz CT molecular complexity index is 356. The lowest BCUT2D eigenvalue weighted by atomic mass is 9.82. The van der Waals surface area contributed by atoms with E-state index < -0.39 is 0 Å². The van der Waals surface area contributed by atoms with Crippen molar-refractivity contribution in [3.8, 4) is 6.07 Å². The summed E-state index contributed by atoms with van der Waals surface area (Å²) in [5.41, 5.74) is 1.06. The van der Waals surface area contributed by atoms with Crippen LogP contribution in [0.2, 0.25) is 0 Å². The molecule has 0 aromatic rings. The van der Waals surface area contributed by atoms with Crippen molar-refractivity contribution in [3.05, 3.63) is 11.6 Å². The van der Waals surface area contributed by atoms with Gasteiger partial charge >= 0.3 is 0 Å². The molecular weight excluding hydrogens is 226 g/mol. The standard InChI is InChI=1S/C11H13NOS2/c1-7-5-11(10-14-2-3-15-10)8(6-12)4-9(7)13-11/h5,8-10H,2-4H2,1H3/t8-,9+,11-/m1/s1. The molecule has 3 aliphatic rings. The van der Waals surface area contributed by atoms with E-state index in [0.29, 0.717) is 4.58 Å². The molecule has 0 radical (unpaired) electrons. The number of nitriles is 1. The second kappa shape index (κ2) is 3.44. The summed E-state index contributed by atoms with van der Waals surface area (Å²) in [4.78, 5) is 0. The van der Waals surface area contributed by atoms with Crippen molar-refractivity contribution >= 4 is 23.5 Å². The Morgan fingerprint density at radius 1 is 1.53 bits per heavy atom. The Morgan fingerprint density at radius 3 is 2.87 bits per heavy atom. The maximum absolute atomic E-state index is 9.22. The maximum atomic E-state index is 9.22. The van der Waals surface area contributed by atoms with Crippen LogP contribution in [0.3, 0.4) is 0 Å². The summed E-state index contributed by atoms with van der Waals surface area (Å²) in [6, 6.07) is 2.44. The largest absolute Gasteiger partial charge is 0.360 e. The molecule has 0 unspecified atom stereocenters. The van der Waals surface area contributed by atoms with Gasteiger partial charge in [0.1, 0.15) is 5.60 Å². The highest BCUT2D eigenvalue weighted by atomic mass is 32.2. The molecule has 15 heavy (non-hydrogen) atoms. The summed E-state index contributed by atoms with van der Waals surface area (Å²) >= 11 is 3.91. The lowest BCUT2D eigenvalue weighted by Gasteiger charge is -2.31. The van der Waals surface area contributed by atoms with E-state index in [-0.39, 0.29) is 17.6 Å². The topological polar surface area (TPSA) is 33.0 Å². The van der Waals surface area contributed by atoms with E-state index in [9.17, 15) is 5.26 Å². The summed E-state index contributed by atoms with van der Waals surface area (Å²) in [5, 5.41) is 9.22. The molecular formula is C11H13NOS2. The Kier molecular flexibility index (Phi) is 2.31. The average Bonchev–Trinajstić information content (AvgIpc) is 2.90. The Morgan fingerprint density at radius 2 is 2.27 bits per heavy atom. The molecule has 0 aromatic carbocycles. The smallest absolute Gasteiger partial charge is 0.124 e. The van der Waals surface area contributed by atoms with Crippen molar-refractivity contribution in [2.24, 2.45) is 5.92 Å². The molecule has 0 N–H and O–H groups in total. The number of rotatable bonds is 1. The van der Waals surface area contributed by atoms with Crippen molar-refractivity contribution < 1.29 is 4.74 Å². The molecule has 80 valence electrons. The third-order valence-corrected chi connectivity index (χ3v) is 6.74. The van der Waals surface area contributed by atoms with E-state index in [1.54, 1.807) is 0 Å². The predicted molar refractivity (Wildman–Crippen MR) is 63.8 cm³/mol. The van der Waals surface area contributed by atoms with Crippen LogP contribution < -0.4 is 0 Å². The van der Waals surface area contributed by atoms with Crippen LogP contribution in [0.15, 0.2) is 11.6 Å². The molecule has 0 saturated carbocycles. The predicted octanol–water partition coefficient (Wildman–Crippen LogP) is 2.42. The van der Waals surface area contributed by atoms with E-state index in [2.05, 4.69) is 19.1 Å². The Balaban J connectivity index is 1.97. The van der Waals surface area contributed by atoms with Gasteiger partial charge in [0.15, 0.2) is 0 Å². The van der Waals surface area contributed by atoms with E-state index in [4.69, 9.17) is 4.74 Å². The minimum Gasteiger partial charge on any atom is -0.360 e. The first-order chi connectivity index (χ1) is 7.26. The van der Waals surface area contributed by atoms with Crippen molar-refractivity contribution in [2.75, 3.05) is 11.5 Å². The molecule has 2 nitrogen and oxygen atoms in total. The quantitative estimate of drug-likeness (QED) is 0.658. The first-order valence-corrected chi connectivity index (χ1v) is 7.36. The highest BCUT2D eigenvalue weighted by Gasteiger charge is 2.57. The van der Waals surface area contributed by atoms with Crippen molar-refractivity contribution in [1.29, 1.82) is 5.26 Å². The lowest BCUT2D eigenvalue weighted by molar-refractivity contribution is 0.0323. The number of fused-ring (bicyclic) bond motifs is 2. The fourth-order valence-corrected chi connectivity index (χ4v) is 5.95. The minimum atomic E-state index is -0.269. The third-order valence-electron chi connectivity index (χ3n) is 3.45. The first-order valence-electron chi connectivity index (χ1n) is 5.26. The highest BCUT2D eigenvalue weighted by molar-refractivity contribution is 8.20. The number of hydrogen-bond acceptors (Lipinski definition) is 4. The number of nitrogens with zero attached hydrogens (tertiary/aromatic N) is 1. The molecule has 0 spiro atoms. The van der Waals surface area contributed by atoms with Gasteiger partial charge in [0.05, 0.1) is 22.7 Å². The summed E-state index contributed by atoms with van der Waals surface area (Å²) in [5.74, 6) is 2.45. The van der Waals surface area contributed by atoms with Crippen LogP contribution in [0.5, 0.6) is 0 Å². The van der Waals surface area contributed by atoms with Crippen molar-refractivity contribution in [1.82, 2.24) is 0 Å². The SMILES string of the molecule is CC1=C[C@@]2(C3SCCS3)O[C@H]1C[C@@H]2C#N. The molecule has 2 bridgehead atoms. The molecule has 4 heteroatoms. The van der Waals surface area contributed by atoms with Gasteiger partial charge < -0.3 is 4.74 Å². The van der Waals surface area contributed by atoms with Gasteiger partial charge in [-0.2, -0.15) is 5.26 Å². The second-order valence-electron chi connectivity index (χ2n) is 4.34. The van der Waals surface area contributed by atoms with Crippen LogP contribution in [-0.4, -0.2) is 27.8 Å². The van der Waals surface area contributed by atoms with Crippen LogP contribution in [0.4, 0.5) is 0 Å². The third kappa shape index (κ3) is 1.30. The summed E-state index contributed by atoms with van der Waals surface area (Å²) in [6.45, 7) is 2.13. The maximum Gasteiger partial charge on any atom is 0.124 e. The van der Waals surface area contributed by atoms with Gasteiger partial charge in [0, 0.05) is 11.5 Å². The van der Waals surface area contributed by atoms with Gasteiger partial charge in [-0.05, 0) is 25.0 Å². The van der Waals surface area contributed by atoms with Crippen LogP contribution in [0.25, 0.3) is 0 Å². The van der Waals surface area contributed by atoms with E-state index in [0.717, 1.165) is 6.42 Å². The van der Waals surface area contributed by atoms with E-state index in [1.807, 2.05) is 23.5 Å². The van der Waals surface area contributed by atoms with Gasteiger partial charge in [0.2, 0.25) is 0 Å². The molecule has 3 aliphatic heterocycles. The van der Waals surface area contributed by atoms with Crippen LogP contribution >= 0.6 is 23.5 Å². The van der Waals surface area contributed by atoms with Gasteiger partial charge in [-0.25, -0.2) is 0 Å². The molecule has 2 fully saturated rings. The zero-order valence-electron chi connectivity index (χ0n) is 8.60. The first kappa shape index (κ1) is 10.1. The van der Waals surface area contributed by atoms with Gasteiger partial charge in [-0.15, -0.1) is 23.5 Å². The molecule has 0 aromatic heterocycles. The van der Waals surface area contributed by atoms with Crippen LogP contribution in [-0.2, 0) is 4.74 Å². The average molecular weight is 239 g/mol. The zero-order chi connectivity index (χ0) is 10.5. The van der Waals surface area contributed by atoms with Gasteiger partial charge in [0.25, 0.3) is 0 Å². The molecule has 3 heterocycles. The summed E-state index contributed by atoms with van der Waals surface area (Å²) in [6.07, 6.45) is 3.35. The Labute approximate surface area is 98.4 Å². The fraction of sp³-hybridized carbons (Fsp3) is 0.727. The van der Waals surface area contributed by atoms with Gasteiger partial charge in [-0.1, -0.05) is 0 Å². The molecule has 2 saturated heterocycles. The molecule has 3 atom stereocenters. The number of hydrogen-bond donors (Lipinski definition) is 0. The summed E-state index contributed by atoms with van der Waals surface area (Å²) in [7, 11) is 0. The normalized spacial score (nSPS) is 44.4. The fourth-order valence-electron chi connectivity index (χ4n) is 2.70. The number of ether oxygens (including phenoxy) is 1. The Hall–Kier alpha value is -0.110. The van der Waals surface area contributed by atoms with E-state index >= 15 is 0 Å². The van der Waals surface area contributed by atoms with Crippen LogP contribution in [0.1, 0.15) is 13.3 Å². The van der Waals surface area contributed by atoms with Crippen molar-refractivity contribution in [2.45, 2.75) is 29.6 Å². The zero-order valence-corrected chi connectivity index (χ0v) is 10.2. The second-order valence-corrected chi connectivity index (χ2v) is 7.06. The minimum absolute atomic E-state index is 0.0642. The highest BCUT2D eigenvalue weighted by Crippen LogP contribution is 2.55. The molecule has 3 rings (SSSR count). The molecule has 0 amide bonds. The summed E-state index contributed by atoms with van der Waals surface area (Å²) < 4.78 is 6.54. The van der Waals surface area contributed by atoms with E-state index in [1.165, 1.54) is 17.1 Å². The molecule has 0 aliphatic carbocycles. The lowest BCUT2D eigenvalue weighted by Crippen LogP contribution is -2.39.